The van der Waals surface area contributed by atoms with E-state index in [0.29, 0.717) is 10.2 Å². The maximum Gasteiger partial charge on any atom is 0.328 e. The van der Waals surface area contributed by atoms with Gasteiger partial charge >= 0.3 is 5.69 Å². The molecule has 0 fully saturated rings. The summed E-state index contributed by atoms with van der Waals surface area (Å²) in [6, 6.07) is 5.22. The molecule has 118 valence electrons. The van der Waals surface area contributed by atoms with Crippen LogP contribution in [0.25, 0.3) is 10.2 Å². The van der Waals surface area contributed by atoms with E-state index in [2.05, 4.69) is 15.3 Å². The van der Waals surface area contributed by atoms with Gasteiger partial charge in [-0.1, -0.05) is 0 Å². The van der Waals surface area contributed by atoms with Crippen molar-refractivity contribution < 1.29 is 4.79 Å². The Kier molecular flexibility index (Phi) is 4.33. The molecule has 0 spiro atoms. The molecule has 0 aliphatic rings. The van der Waals surface area contributed by atoms with Crippen LogP contribution in [0.3, 0.4) is 0 Å². The molecule has 0 aliphatic carbocycles. The molecule has 3 rings (SSSR count). The summed E-state index contributed by atoms with van der Waals surface area (Å²) >= 11 is 1.28. The molecule has 7 nitrogen and oxygen atoms in total. The first-order valence-corrected chi connectivity index (χ1v) is 7.89. The van der Waals surface area contributed by atoms with Crippen LogP contribution in [0.5, 0.6) is 0 Å². The number of hydrogen-bond acceptors (Lipinski definition) is 5. The number of aromatic nitrogens is 3. The number of hydrogen-bond donors (Lipinski definition) is 2. The predicted molar refractivity (Wildman–Crippen MR) is 87.7 cm³/mol. The fraction of sp³-hybridized carbons (Fsp3) is 0.200. The highest BCUT2D eigenvalue weighted by atomic mass is 32.1. The largest absolute Gasteiger partial charge is 0.354 e. The molecule has 0 saturated carbocycles. The summed E-state index contributed by atoms with van der Waals surface area (Å²) in [5.74, 6) is -0.169. The number of pyridine rings is 1. The minimum Gasteiger partial charge on any atom is -0.354 e. The van der Waals surface area contributed by atoms with Gasteiger partial charge in [-0.05, 0) is 29.1 Å². The zero-order valence-corrected chi connectivity index (χ0v) is 12.9. The molecule has 1 amide bonds. The van der Waals surface area contributed by atoms with Crippen LogP contribution in [-0.4, -0.2) is 27.0 Å². The van der Waals surface area contributed by atoms with E-state index in [1.807, 2.05) is 0 Å². The second-order valence-corrected chi connectivity index (χ2v) is 5.85. The lowest BCUT2D eigenvalue weighted by molar-refractivity contribution is -0.120. The molecule has 23 heavy (non-hydrogen) atoms. The summed E-state index contributed by atoms with van der Waals surface area (Å²) in [5.41, 5.74) is 0.599. The van der Waals surface area contributed by atoms with Crippen LogP contribution in [-0.2, 0) is 17.8 Å². The molecule has 0 bridgehead atoms. The fourth-order valence-electron chi connectivity index (χ4n) is 2.23. The molecule has 0 saturated heterocycles. The smallest absolute Gasteiger partial charge is 0.328 e. The molecule has 2 N–H and O–H groups in total. The van der Waals surface area contributed by atoms with Crippen molar-refractivity contribution >= 4 is 27.5 Å². The maximum absolute atomic E-state index is 12.2. The molecule has 0 aliphatic heterocycles. The second kappa shape index (κ2) is 6.57. The summed E-state index contributed by atoms with van der Waals surface area (Å²) in [6.45, 7) is 0.341. The minimum atomic E-state index is -0.468. The molecular formula is C15H14N4O3S. The Bertz CT molecular complexity index is 943. The Morgan fingerprint density at radius 1 is 1.26 bits per heavy atom. The standard InChI is InChI=1S/C15H14N4O3S/c20-12(9-10-1-4-16-5-2-10)17-6-7-19-14(21)13-11(3-8-23-13)18-15(19)22/h1-5,8H,6-7,9H2,(H,17,20)(H,18,22). The Balaban J connectivity index is 1.64. The number of carbonyl (C=O) groups excluding carboxylic acids is 1. The number of aromatic amines is 1. The number of H-pyrrole nitrogens is 1. The quantitative estimate of drug-likeness (QED) is 0.712. The number of carbonyl (C=O) groups is 1. The van der Waals surface area contributed by atoms with E-state index < -0.39 is 5.69 Å². The topological polar surface area (TPSA) is 96.8 Å². The van der Waals surface area contributed by atoms with Gasteiger partial charge in [0, 0.05) is 25.5 Å². The summed E-state index contributed by atoms with van der Waals surface area (Å²) in [5, 5.41) is 4.46. The molecule has 0 radical (unpaired) electrons. The van der Waals surface area contributed by atoms with Gasteiger partial charge in [0.1, 0.15) is 4.70 Å². The van der Waals surface area contributed by atoms with E-state index in [0.717, 1.165) is 10.1 Å². The van der Waals surface area contributed by atoms with Gasteiger partial charge in [-0.15, -0.1) is 11.3 Å². The molecular weight excluding hydrogens is 316 g/mol. The highest BCUT2D eigenvalue weighted by Crippen LogP contribution is 2.11. The number of nitrogens with zero attached hydrogens (tertiary/aromatic N) is 2. The van der Waals surface area contributed by atoms with Crippen molar-refractivity contribution in [3.63, 3.8) is 0 Å². The lowest BCUT2D eigenvalue weighted by Crippen LogP contribution is -2.39. The number of thiophene rings is 1. The van der Waals surface area contributed by atoms with Crippen LogP contribution in [0.15, 0.2) is 45.6 Å². The van der Waals surface area contributed by atoms with E-state index in [-0.39, 0.29) is 31.0 Å². The lowest BCUT2D eigenvalue weighted by Gasteiger charge is -2.07. The van der Waals surface area contributed by atoms with E-state index in [4.69, 9.17) is 0 Å². The SMILES string of the molecule is O=C(Cc1ccncc1)NCCn1c(=O)[nH]c2ccsc2c1=O. The van der Waals surface area contributed by atoms with Crippen LogP contribution in [0, 0.1) is 0 Å². The van der Waals surface area contributed by atoms with Crippen molar-refractivity contribution in [1.29, 1.82) is 0 Å². The first kappa shape index (κ1) is 15.2. The Morgan fingerprint density at radius 3 is 2.83 bits per heavy atom. The van der Waals surface area contributed by atoms with Crippen LogP contribution in [0.2, 0.25) is 0 Å². The molecule has 3 aromatic rings. The van der Waals surface area contributed by atoms with Crippen molar-refractivity contribution in [2.45, 2.75) is 13.0 Å². The average Bonchev–Trinajstić information content (AvgIpc) is 3.00. The number of fused-ring (bicyclic) bond motifs is 1. The maximum atomic E-state index is 12.2. The van der Waals surface area contributed by atoms with Gasteiger partial charge < -0.3 is 10.3 Å². The third kappa shape index (κ3) is 3.37. The third-order valence-corrected chi connectivity index (χ3v) is 4.27. The number of rotatable bonds is 5. The third-order valence-electron chi connectivity index (χ3n) is 3.36. The fourth-order valence-corrected chi connectivity index (χ4v) is 3.03. The van der Waals surface area contributed by atoms with Crippen LogP contribution in [0.4, 0.5) is 0 Å². The van der Waals surface area contributed by atoms with Gasteiger partial charge in [-0.3, -0.25) is 19.1 Å². The molecule has 0 atom stereocenters. The van der Waals surface area contributed by atoms with Crippen molar-refractivity contribution in [2.24, 2.45) is 0 Å². The van der Waals surface area contributed by atoms with Crippen molar-refractivity contribution in [3.05, 3.63) is 62.4 Å². The normalized spacial score (nSPS) is 10.8. The summed E-state index contributed by atoms with van der Waals surface area (Å²) in [7, 11) is 0. The van der Waals surface area contributed by atoms with Crippen molar-refractivity contribution in [1.82, 2.24) is 19.9 Å². The second-order valence-electron chi connectivity index (χ2n) is 4.93. The van der Waals surface area contributed by atoms with Crippen molar-refractivity contribution in [2.75, 3.05) is 6.54 Å². The summed E-state index contributed by atoms with van der Waals surface area (Å²) in [4.78, 5) is 42.5. The Hall–Kier alpha value is -2.74. The highest BCUT2D eigenvalue weighted by molar-refractivity contribution is 7.17. The molecule has 8 heteroatoms. The highest BCUT2D eigenvalue weighted by Gasteiger charge is 2.09. The number of nitrogens with one attached hydrogen (secondary N) is 2. The first-order valence-electron chi connectivity index (χ1n) is 7.01. The van der Waals surface area contributed by atoms with Gasteiger partial charge in [0.2, 0.25) is 5.91 Å². The predicted octanol–water partition coefficient (Wildman–Crippen LogP) is 0.505. The van der Waals surface area contributed by atoms with Crippen LogP contribution < -0.4 is 16.6 Å². The molecule has 3 aromatic heterocycles. The molecule has 0 aromatic carbocycles. The Morgan fingerprint density at radius 2 is 2.04 bits per heavy atom. The van der Waals surface area contributed by atoms with Gasteiger partial charge in [-0.25, -0.2) is 4.79 Å². The lowest BCUT2D eigenvalue weighted by atomic mass is 10.2. The van der Waals surface area contributed by atoms with Gasteiger partial charge in [0.05, 0.1) is 11.9 Å². The average molecular weight is 330 g/mol. The van der Waals surface area contributed by atoms with Gasteiger partial charge in [-0.2, -0.15) is 0 Å². The number of amides is 1. The van der Waals surface area contributed by atoms with Gasteiger partial charge in [0.15, 0.2) is 0 Å². The Labute approximate surface area is 134 Å². The van der Waals surface area contributed by atoms with E-state index in [1.165, 1.54) is 11.3 Å². The van der Waals surface area contributed by atoms with Gasteiger partial charge in [0.25, 0.3) is 5.56 Å². The van der Waals surface area contributed by atoms with Crippen LogP contribution in [0.1, 0.15) is 5.56 Å². The van der Waals surface area contributed by atoms with E-state index >= 15 is 0 Å². The van der Waals surface area contributed by atoms with Crippen molar-refractivity contribution in [3.8, 4) is 0 Å². The van der Waals surface area contributed by atoms with Crippen LogP contribution >= 0.6 is 11.3 Å². The van der Waals surface area contributed by atoms with E-state index in [9.17, 15) is 14.4 Å². The zero-order valence-electron chi connectivity index (χ0n) is 12.1. The molecule has 0 unspecified atom stereocenters. The van der Waals surface area contributed by atoms with E-state index in [1.54, 1.807) is 36.0 Å². The zero-order chi connectivity index (χ0) is 16.2. The first-order chi connectivity index (χ1) is 11.1. The summed E-state index contributed by atoms with van der Waals surface area (Å²) < 4.78 is 1.61. The minimum absolute atomic E-state index is 0.129. The monoisotopic (exact) mass is 330 g/mol. The molecule has 3 heterocycles. The summed E-state index contributed by atoms with van der Waals surface area (Å²) in [6.07, 6.45) is 3.48.